The van der Waals surface area contributed by atoms with Gasteiger partial charge in [-0.1, -0.05) is 6.07 Å². The van der Waals surface area contributed by atoms with Crippen molar-refractivity contribution in [3.63, 3.8) is 0 Å². The summed E-state index contributed by atoms with van der Waals surface area (Å²) in [6.07, 6.45) is 3.86. The lowest BCUT2D eigenvalue weighted by molar-refractivity contribution is -0.121. The second-order valence-electron chi connectivity index (χ2n) is 5.94. The number of carbonyl (C=O) groups is 1. The molecule has 1 N–H and O–H groups in total. The van der Waals surface area contributed by atoms with Crippen LogP contribution in [0.15, 0.2) is 24.5 Å². The molecule has 0 spiro atoms. The summed E-state index contributed by atoms with van der Waals surface area (Å²) < 4.78 is 1.97. The Kier molecular flexibility index (Phi) is 4.96. The highest BCUT2D eigenvalue weighted by Gasteiger charge is 2.17. The molecule has 2 heterocycles. The molecule has 1 atom stereocenters. The maximum absolute atomic E-state index is 12.3. The van der Waals surface area contributed by atoms with Crippen LogP contribution < -0.4 is 5.32 Å². The monoisotopic (exact) mass is 300 g/mol. The molecule has 1 amide bonds. The summed E-state index contributed by atoms with van der Waals surface area (Å²) in [5, 5.41) is 7.55. The Balaban J connectivity index is 2.07. The smallest absolute Gasteiger partial charge is 0.225 e. The summed E-state index contributed by atoms with van der Waals surface area (Å²) in [6.45, 7) is 10.1. The zero-order valence-corrected chi connectivity index (χ0v) is 13.9. The number of rotatable bonds is 5. The first kappa shape index (κ1) is 16.2. The molecule has 0 bridgehead atoms. The number of carbonyl (C=O) groups excluding carboxylic acids is 1. The van der Waals surface area contributed by atoms with Crippen LogP contribution in [0.4, 0.5) is 0 Å². The lowest BCUT2D eigenvalue weighted by Gasteiger charge is -2.14. The van der Waals surface area contributed by atoms with Crippen LogP contribution in [-0.2, 0) is 11.2 Å². The van der Waals surface area contributed by atoms with Crippen LogP contribution >= 0.6 is 0 Å². The summed E-state index contributed by atoms with van der Waals surface area (Å²) in [4.78, 5) is 16.4. The Morgan fingerprint density at radius 2 is 2.05 bits per heavy atom. The zero-order chi connectivity index (χ0) is 16.3. The Labute approximate surface area is 131 Å². The van der Waals surface area contributed by atoms with Crippen molar-refractivity contribution in [2.45, 2.75) is 53.1 Å². The van der Waals surface area contributed by atoms with Gasteiger partial charge in [-0.25, -0.2) is 0 Å². The number of hydrogen-bond donors (Lipinski definition) is 1. The fraction of sp³-hybridized carbons (Fsp3) is 0.471. The van der Waals surface area contributed by atoms with Gasteiger partial charge in [0, 0.05) is 29.7 Å². The molecule has 5 nitrogen and oxygen atoms in total. The third-order valence-electron chi connectivity index (χ3n) is 3.86. The molecular formula is C17H24N4O. The Morgan fingerprint density at radius 3 is 2.59 bits per heavy atom. The first-order chi connectivity index (χ1) is 10.4. The van der Waals surface area contributed by atoms with Crippen LogP contribution in [0.1, 0.15) is 55.4 Å². The Hall–Kier alpha value is -2.17. The molecule has 0 saturated heterocycles. The van der Waals surface area contributed by atoms with E-state index >= 15 is 0 Å². The minimum absolute atomic E-state index is 0.00543. The van der Waals surface area contributed by atoms with Crippen molar-refractivity contribution >= 4 is 5.91 Å². The molecule has 0 aliphatic carbocycles. The van der Waals surface area contributed by atoms with E-state index in [1.807, 2.05) is 37.6 Å². The topological polar surface area (TPSA) is 59.8 Å². The molecule has 5 heteroatoms. The maximum atomic E-state index is 12.3. The van der Waals surface area contributed by atoms with Gasteiger partial charge in [0.05, 0.1) is 18.2 Å². The van der Waals surface area contributed by atoms with Gasteiger partial charge in [-0.05, 0) is 46.2 Å². The largest absolute Gasteiger partial charge is 0.349 e. The molecule has 0 aliphatic heterocycles. The second-order valence-corrected chi connectivity index (χ2v) is 5.94. The van der Waals surface area contributed by atoms with Crippen LogP contribution in [-0.4, -0.2) is 20.7 Å². The lowest BCUT2D eigenvalue weighted by Crippen LogP contribution is -2.28. The van der Waals surface area contributed by atoms with Gasteiger partial charge in [-0.15, -0.1) is 0 Å². The van der Waals surface area contributed by atoms with Gasteiger partial charge in [-0.3, -0.25) is 14.5 Å². The molecule has 0 radical (unpaired) electrons. The van der Waals surface area contributed by atoms with Crippen molar-refractivity contribution in [2.75, 3.05) is 0 Å². The fourth-order valence-corrected chi connectivity index (χ4v) is 2.62. The van der Waals surface area contributed by atoms with E-state index in [-0.39, 0.29) is 11.9 Å². The lowest BCUT2D eigenvalue weighted by atomic mass is 10.1. The van der Waals surface area contributed by atoms with Crippen LogP contribution in [0, 0.1) is 13.8 Å². The first-order valence-electron chi connectivity index (χ1n) is 7.64. The maximum Gasteiger partial charge on any atom is 0.225 e. The van der Waals surface area contributed by atoms with Crippen LogP contribution in [0.5, 0.6) is 0 Å². The molecule has 2 aromatic rings. The number of hydrogen-bond acceptors (Lipinski definition) is 3. The third kappa shape index (κ3) is 3.53. The average Bonchev–Trinajstić information content (AvgIpc) is 2.76. The number of nitrogens with one attached hydrogen (secondary N) is 1. The molecule has 22 heavy (non-hydrogen) atoms. The van der Waals surface area contributed by atoms with Gasteiger partial charge in [0.15, 0.2) is 0 Å². The van der Waals surface area contributed by atoms with E-state index in [1.165, 1.54) is 0 Å². The van der Waals surface area contributed by atoms with Gasteiger partial charge < -0.3 is 5.32 Å². The molecule has 0 aromatic carbocycles. The number of nitrogens with zero attached hydrogens (tertiary/aromatic N) is 3. The molecule has 2 aromatic heterocycles. The van der Waals surface area contributed by atoms with Crippen LogP contribution in [0.25, 0.3) is 0 Å². The van der Waals surface area contributed by atoms with Gasteiger partial charge in [0.1, 0.15) is 0 Å². The normalized spacial score (nSPS) is 12.5. The van der Waals surface area contributed by atoms with Crippen LogP contribution in [0.3, 0.4) is 0 Å². The number of amides is 1. The predicted octanol–water partition coefficient (Wildman–Crippen LogP) is 2.90. The Bertz CT molecular complexity index is 646. The highest BCUT2D eigenvalue weighted by Crippen LogP contribution is 2.18. The third-order valence-corrected chi connectivity index (χ3v) is 3.86. The fourth-order valence-electron chi connectivity index (χ4n) is 2.62. The summed E-state index contributed by atoms with van der Waals surface area (Å²) in [6, 6.07) is 4.08. The Morgan fingerprint density at radius 1 is 1.32 bits per heavy atom. The van der Waals surface area contributed by atoms with Crippen molar-refractivity contribution in [2.24, 2.45) is 0 Å². The van der Waals surface area contributed by atoms with Crippen molar-refractivity contribution in [3.05, 3.63) is 47.0 Å². The van der Waals surface area contributed by atoms with Gasteiger partial charge in [-0.2, -0.15) is 5.10 Å². The quantitative estimate of drug-likeness (QED) is 0.923. The van der Waals surface area contributed by atoms with Crippen molar-refractivity contribution in [3.8, 4) is 0 Å². The summed E-state index contributed by atoms with van der Waals surface area (Å²) in [7, 11) is 0. The van der Waals surface area contributed by atoms with E-state index in [1.54, 1.807) is 12.4 Å². The second kappa shape index (κ2) is 6.73. The molecule has 0 unspecified atom stereocenters. The van der Waals surface area contributed by atoms with E-state index in [4.69, 9.17) is 0 Å². The molecule has 0 saturated carbocycles. The first-order valence-corrected chi connectivity index (χ1v) is 7.64. The van der Waals surface area contributed by atoms with E-state index in [9.17, 15) is 4.79 Å². The summed E-state index contributed by atoms with van der Waals surface area (Å²) in [5.74, 6) is 0.00543. The van der Waals surface area contributed by atoms with Gasteiger partial charge in [0.2, 0.25) is 5.91 Å². The van der Waals surface area contributed by atoms with E-state index in [2.05, 4.69) is 29.2 Å². The number of aromatic nitrogens is 3. The van der Waals surface area contributed by atoms with E-state index in [0.29, 0.717) is 12.5 Å². The molecule has 0 fully saturated rings. The molecule has 2 rings (SSSR count). The number of aryl methyl sites for hydroxylation is 1. The molecule has 118 valence electrons. The minimum Gasteiger partial charge on any atom is -0.349 e. The van der Waals surface area contributed by atoms with Crippen molar-refractivity contribution in [1.82, 2.24) is 20.1 Å². The molecular weight excluding hydrogens is 276 g/mol. The minimum atomic E-state index is -0.0537. The summed E-state index contributed by atoms with van der Waals surface area (Å²) in [5.41, 5.74) is 4.01. The van der Waals surface area contributed by atoms with E-state index < -0.39 is 0 Å². The highest BCUT2D eigenvalue weighted by molar-refractivity contribution is 5.79. The van der Waals surface area contributed by atoms with Gasteiger partial charge >= 0.3 is 0 Å². The number of pyridine rings is 1. The standard InChI is InChI=1S/C17H24N4O/c1-11(2)21-14(5)16(13(4)20-21)9-17(22)19-12(3)15-7-6-8-18-10-15/h6-8,10-12H,9H2,1-5H3,(H,19,22)/t12-/m0/s1. The molecule has 0 aliphatic rings. The SMILES string of the molecule is Cc1nn(C(C)C)c(C)c1CC(=O)N[C@@H](C)c1cccnc1. The van der Waals surface area contributed by atoms with Crippen LogP contribution in [0.2, 0.25) is 0 Å². The zero-order valence-electron chi connectivity index (χ0n) is 13.9. The summed E-state index contributed by atoms with van der Waals surface area (Å²) >= 11 is 0. The van der Waals surface area contributed by atoms with Gasteiger partial charge in [0.25, 0.3) is 0 Å². The predicted molar refractivity (Wildman–Crippen MR) is 86.6 cm³/mol. The van der Waals surface area contributed by atoms with Crippen molar-refractivity contribution in [1.29, 1.82) is 0 Å². The average molecular weight is 300 g/mol. The van der Waals surface area contributed by atoms with E-state index in [0.717, 1.165) is 22.5 Å². The highest BCUT2D eigenvalue weighted by atomic mass is 16.1. The van der Waals surface area contributed by atoms with Crippen molar-refractivity contribution < 1.29 is 4.79 Å².